The second kappa shape index (κ2) is 14.7. The second-order valence-electron chi connectivity index (χ2n) is 13.1. The van der Waals surface area contributed by atoms with E-state index >= 15 is 13.2 Å². The number of aromatic nitrogens is 1. The molecule has 1 aromatic heterocycles. The summed E-state index contributed by atoms with van der Waals surface area (Å²) in [6.45, 7) is 4.35. The van der Waals surface area contributed by atoms with Crippen molar-refractivity contribution >= 4 is 11.9 Å². The van der Waals surface area contributed by atoms with E-state index in [4.69, 9.17) is 9.47 Å². The van der Waals surface area contributed by atoms with Crippen LogP contribution in [0, 0.1) is 31.3 Å². The summed E-state index contributed by atoms with van der Waals surface area (Å²) in [7, 11) is 0. The highest BCUT2D eigenvalue weighted by atomic mass is 19.4. The molecule has 4 bridgehead atoms. The molecular weight excluding hydrogens is 711 g/mol. The van der Waals surface area contributed by atoms with E-state index in [1.165, 1.54) is 45.0 Å². The van der Waals surface area contributed by atoms with Crippen LogP contribution < -0.4 is 15.6 Å². The van der Waals surface area contributed by atoms with E-state index in [1.54, 1.807) is 4.90 Å². The van der Waals surface area contributed by atoms with Crippen molar-refractivity contribution in [3.8, 4) is 22.6 Å². The van der Waals surface area contributed by atoms with Crippen molar-refractivity contribution in [1.29, 1.82) is 0 Å². The number of hydrogen-bond acceptors (Lipinski definition) is 6. The van der Waals surface area contributed by atoms with Crippen molar-refractivity contribution in [3.63, 3.8) is 0 Å². The van der Waals surface area contributed by atoms with Crippen LogP contribution in [0.1, 0.15) is 58.8 Å². The summed E-state index contributed by atoms with van der Waals surface area (Å²) in [5.41, 5.74) is -3.23. The minimum Gasteiger partial charge on any atom is -0.466 e. The number of fused-ring (bicyclic) bond motifs is 6. The van der Waals surface area contributed by atoms with E-state index in [0.717, 1.165) is 24.4 Å². The molecule has 0 spiro atoms. The zero-order valence-corrected chi connectivity index (χ0v) is 28.8. The highest BCUT2D eigenvalue weighted by Crippen LogP contribution is 2.41. The number of alkyl halides is 4. The lowest BCUT2D eigenvalue weighted by atomic mass is 9.92. The third kappa shape index (κ3) is 7.66. The van der Waals surface area contributed by atoms with E-state index in [1.807, 2.05) is 0 Å². The fourth-order valence-electron chi connectivity index (χ4n) is 6.74. The molecule has 15 heteroatoms. The zero-order valence-electron chi connectivity index (χ0n) is 28.8. The molecule has 4 aromatic rings. The number of likely N-dealkylation sites (tertiary alicyclic amines) is 1. The number of nitrogens with zero attached hydrogens (tertiary/aromatic N) is 2. The van der Waals surface area contributed by atoms with Crippen molar-refractivity contribution in [3.05, 3.63) is 116 Å². The molecule has 0 aliphatic carbocycles. The lowest BCUT2D eigenvalue weighted by Gasteiger charge is -2.34. The maximum absolute atomic E-state index is 16.1. The Kier molecular flexibility index (Phi) is 10.4. The van der Waals surface area contributed by atoms with Crippen molar-refractivity contribution in [2.24, 2.45) is 0 Å². The Hall–Kier alpha value is -5.18. The van der Waals surface area contributed by atoms with Gasteiger partial charge in [0.05, 0.1) is 24.6 Å². The minimum atomic E-state index is -4.99. The number of hydrogen-bond donors (Lipinski definition) is 1. The van der Waals surface area contributed by atoms with E-state index in [2.05, 4.69) is 5.32 Å². The number of esters is 1. The highest BCUT2D eigenvalue weighted by molar-refractivity contribution is 5.85. The number of pyridine rings is 1. The number of aryl methyl sites for hydroxylation is 1. The molecule has 1 N–H and O–H groups in total. The fourth-order valence-corrected chi connectivity index (χ4v) is 6.74. The van der Waals surface area contributed by atoms with Crippen LogP contribution in [-0.2, 0) is 26.9 Å². The molecule has 1 saturated heterocycles. The molecule has 2 atom stereocenters. The molecule has 6 rings (SSSR count). The highest BCUT2D eigenvalue weighted by Gasteiger charge is 2.38. The van der Waals surface area contributed by atoms with E-state index in [-0.39, 0.29) is 72.0 Å². The molecule has 8 nitrogen and oxygen atoms in total. The standard InChI is InChI=1S/C38H34F7N3O5/c1-4-52-33(50)15-30-26-12-22(11-19(2)35(26)42)34-20(3)28(40)7-8-31(34)53-24-5-6-29(41)25(13-24)36(37(51)46-30)48-16-21(9-10-47-17-23(39)18-47)27(14-32(48)49)38(43,44)45/h5-8,11-14,16,23,30,36H,4,9-10,15,17-18H2,1-3H3,(H,46,51)/t30-,36+/m0/s1. The maximum Gasteiger partial charge on any atom is 0.416 e. The van der Waals surface area contributed by atoms with Crippen LogP contribution in [0.25, 0.3) is 11.1 Å². The monoisotopic (exact) mass is 745 g/mol. The number of rotatable bonds is 7. The number of carbonyl (C=O) groups excluding carboxylic acids is 2. The van der Waals surface area contributed by atoms with Crippen LogP contribution in [-0.4, -0.2) is 53.8 Å². The number of ether oxygens (including phenoxy) is 2. The number of carbonyl (C=O) groups is 2. The average molecular weight is 746 g/mol. The van der Waals surface area contributed by atoms with Crippen LogP contribution in [0.5, 0.6) is 11.5 Å². The molecule has 3 aromatic carbocycles. The maximum atomic E-state index is 16.1. The summed E-state index contributed by atoms with van der Waals surface area (Å²) in [5.74, 6) is -4.64. The normalized spacial score (nSPS) is 17.7. The average Bonchev–Trinajstić information content (AvgIpc) is 3.07. The fraction of sp³-hybridized carbons (Fsp3) is 0.342. The first-order valence-corrected chi connectivity index (χ1v) is 16.8. The Morgan fingerprint density at radius 2 is 1.70 bits per heavy atom. The van der Waals surface area contributed by atoms with E-state index in [0.29, 0.717) is 10.6 Å². The Morgan fingerprint density at radius 3 is 2.38 bits per heavy atom. The van der Waals surface area contributed by atoms with Gasteiger partial charge in [-0.3, -0.25) is 23.9 Å². The van der Waals surface area contributed by atoms with Gasteiger partial charge in [-0.25, -0.2) is 17.6 Å². The molecule has 0 saturated carbocycles. The number of halogens is 7. The Bertz CT molecular complexity index is 2150. The number of amides is 1. The third-order valence-electron chi connectivity index (χ3n) is 9.39. The summed E-state index contributed by atoms with van der Waals surface area (Å²) in [5, 5.41) is 2.53. The molecule has 1 amide bonds. The van der Waals surface area contributed by atoms with Crippen LogP contribution >= 0.6 is 0 Å². The Morgan fingerprint density at radius 1 is 0.981 bits per heavy atom. The predicted octanol–water partition coefficient (Wildman–Crippen LogP) is 7.27. The number of nitrogens with one attached hydrogen (secondary N) is 1. The van der Waals surface area contributed by atoms with Gasteiger partial charge in [-0.1, -0.05) is 0 Å². The SMILES string of the molecule is CCOC(=O)C[C@@H]1NC(=O)[C@H](n2cc(CCN3CC(F)C3)c(C(F)(F)F)cc2=O)c2cc(ccc2F)Oc2ccc(F)c(C)c2-c2cc(C)c(F)c1c2. The van der Waals surface area contributed by atoms with E-state index in [9.17, 15) is 31.9 Å². The molecule has 0 unspecified atom stereocenters. The topological polar surface area (TPSA) is 89.9 Å². The van der Waals surface area contributed by atoms with Crippen molar-refractivity contribution in [2.45, 2.75) is 58.0 Å². The van der Waals surface area contributed by atoms with Gasteiger partial charge >= 0.3 is 12.1 Å². The Balaban J connectivity index is 1.59. The third-order valence-corrected chi connectivity index (χ3v) is 9.39. The number of benzene rings is 3. The largest absolute Gasteiger partial charge is 0.466 e. The van der Waals surface area contributed by atoms with E-state index < -0.39 is 82.4 Å². The van der Waals surface area contributed by atoms with Gasteiger partial charge in [0.1, 0.15) is 41.2 Å². The summed E-state index contributed by atoms with van der Waals surface area (Å²) in [6, 6.07) is 5.08. The van der Waals surface area contributed by atoms with Gasteiger partial charge in [-0.15, -0.1) is 0 Å². The van der Waals surface area contributed by atoms with Gasteiger partial charge < -0.3 is 14.8 Å². The molecule has 0 radical (unpaired) electrons. The molecule has 1 fully saturated rings. The van der Waals surface area contributed by atoms with Gasteiger partial charge in [-0.05, 0) is 91.9 Å². The second-order valence-corrected chi connectivity index (χ2v) is 13.1. The van der Waals surface area contributed by atoms with Crippen LogP contribution in [0.3, 0.4) is 0 Å². The molecule has 2 aliphatic rings. The van der Waals surface area contributed by atoms with Crippen molar-refractivity contribution in [1.82, 2.24) is 14.8 Å². The van der Waals surface area contributed by atoms with Crippen LogP contribution in [0.15, 0.2) is 59.5 Å². The molecule has 3 heterocycles. The van der Waals surface area contributed by atoms with Gasteiger partial charge in [0, 0.05) is 48.6 Å². The lowest BCUT2D eigenvalue weighted by molar-refractivity contribution is -0.144. The van der Waals surface area contributed by atoms with Crippen LogP contribution in [0.4, 0.5) is 30.7 Å². The minimum absolute atomic E-state index is 0.00768. The Labute approximate surface area is 299 Å². The summed E-state index contributed by atoms with van der Waals surface area (Å²) in [6.07, 6.45) is -6.27. The van der Waals surface area contributed by atoms with Crippen molar-refractivity contribution < 1.29 is 49.8 Å². The smallest absolute Gasteiger partial charge is 0.416 e. The molecular formula is C38H34F7N3O5. The summed E-state index contributed by atoms with van der Waals surface area (Å²) >= 11 is 0. The first kappa shape index (κ1) is 37.6. The summed E-state index contributed by atoms with van der Waals surface area (Å²) in [4.78, 5) is 42.5. The van der Waals surface area contributed by atoms with Crippen molar-refractivity contribution in [2.75, 3.05) is 26.2 Å². The molecule has 280 valence electrons. The predicted molar refractivity (Wildman–Crippen MR) is 179 cm³/mol. The van der Waals surface area contributed by atoms with Gasteiger partial charge in [0.25, 0.3) is 5.56 Å². The summed E-state index contributed by atoms with van der Waals surface area (Å²) < 4.78 is 115. The van der Waals surface area contributed by atoms with Gasteiger partial charge in [-0.2, -0.15) is 13.2 Å². The first-order chi connectivity index (χ1) is 25.0. The zero-order chi connectivity index (χ0) is 38.4. The first-order valence-electron chi connectivity index (χ1n) is 16.8. The molecule has 2 aliphatic heterocycles. The quantitative estimate of drug-likeness (QED) is 0.158. The molecule has 53 heavy (non-hydrogen) atoms. The lowest BCUT2D eigenvalue weighted by Crippen LogP contribution is -2.49. The van der Waals surface area contributed by atoms with Gasteiger partial charge in [0.15, 0.2) is 0 Å². The van der Waals surface area contributed by atoms with Gasteiger partial charge in [0.2, 0.25) is 5.91 Å². The van der Waals surface area contributed by atoms with Crippen LogP contribution in [0.2, 0.25) is 0 Å².